The number of carbonyl (C=O) groups excluding carboxylic acids is 1. The van der Waals surface area contributed by atoms with E-state index >= 15 is 0 Å². The lowest BCUT2D eigenvalue weighted by Gasteiger charge is -2.09. The Kier molecular flexibility index (Phi) is 3.68. The van der Waals surface area contributed by atoms with Crippen molar-refractivity contribution in [2.24, 2.45) is 5.73 Å². The van der Waals surface area contributed by atoms with Crippen molar-refractivity contribution in [2.75, 3.05) is 0 Å². The summed E-state index contributed by atoms with van der Waals surface area (Å²) >= 11 is 0. The molecule has 3 aromatic carbocycles. The SMILES string of the molecule is NC(=O)c1cccc2c1c1[c]cc(F)cc1n2Cc1cc(F)cc(F)c1. The lowest BCUT2D eigenvalue weighted by molar-refractivity contribution is 0.100. The zero-order valence-electron chi connectivity index (χ0n) is 13.4. The second-order valence-corrected chi connectivity index (χ2v) is 6.01. The molecule has 2 N–H and O–H groups in total. The number of primary amides is 1. The van der Waals surface area contributed by atoms with Crippen molar-refractivity contribution in [2.45, 2.75) is 6.54 Å². The average molecular weight is 353 g/mol. The molecule has 0 fully saturated rings. The highest BCUT2D eigenvalue weighted by atomic mass is 19.1. The average Bonchev–Trinajstić information content (AvgIpc) is 2.87. The Labute approximate surface area is 146 Å². The van der Waals surface area contributed by atoms with Crippen LogP contribution in [0.15, 0.2) is 48.5 Å². The van der Waals surface area contributed by atoms with E-state index in [0.717, 1.165) is 6.07 Å². The molecule has 1 aromatic heterocycles. The molecule has 0 saturated heterocycles. The number of carbonyl (C=O) groups is 1. The molecule has 0 aliphatic rings. The number of hydrogen-bond donors (Lipinski definition) is 1. The van der Waals surface area contributed by atoms with Gasteiger partial charge in [-0.05, 0) is 48.0 Å². The van der Waals surface area contributed by atoms with Crippen molar-refractivity contribution in [3.63, 3.8) is 0 Å². The predicted molar refractivity (Wildman–Crippen MR) is 92.2 cm³/mol. The van der Waals surface area contributed by atoms with Gasteiger partial charge in [-0.1, -0.05) is 6.07 Å². The van der Waals surface area contributed by atoms with Gasteiger partial charge in [-0.25, -0.2) is 13.2 Å². The van der Waals surface area contributed by atoms with Gasteiger partial charge in [0.25, 0.3) is 0 Å². The Morgan fingerprint density at radius 3 is 2.42 bits per heavy atom. The van der Waals surface area contributed by atoms with Crippen molar-refractivity contribution in [3.05, 3.63) is 83.2 Å². The summed E-state index contributed by atoms with van der Waals surface area (Å²) in [6, 6.07) is 13.5. The summed E-state index contributed by atoms with van der Waals surface area (Å²) in [7, 11) is 0. The van der Waals surface area contributed by atoms with Crippen LogP contribution in [0.5, 0.6) is 0 Å². The number of amides is 1. The summed E-state index contributed by atoms with van der Waals surface area (Å²) < 4.78 is 42.6. The summed E-state index contributed by atoms with van der Waals surface area (Å²) in [5, 5.41) is 1.06. The molecule has 4 aromatic rings. The van der Waals surface area contributed by atoms with Crippen molar-refractivity contribution in [3.8, 4) is 0 Å². The van der Waals surface area contributed by atoms with Gasteiger partial charge in [-0.2, -0.15) is 0 Å². The summed E-state index contributed by atoms with van der Waals surface area (Å²) in [5.41, 5.74) is 7.17. The molecular formula is C20H12F3N2O. The highest BCUT2D eigenvalue weighted by molar-refractivity contribution is 6.17. The van der Waals surface area contributed by atoms with E-state index in [0.29, 0.717) is 27.4 Å². The van der Waals surface area contributed by atoms with Gasteiger partial charge in [0, 0.05) is 28.9 Å². The Morgan fingerprint density at radius 1 is 1.00 bits per heavy atom. The second-order valence-electron chi connectivity index (χ2n) is 6.01. The number of nitrogens with zero attached hydrogens (tertiary/aromatic N) is 1. The van der Waals surface area contributed by atoms with Crippen LogP contribution in [-0.4, -0.2) is 10.5 Å². The molecule has 0 unspecified atom stereocenters. The maximum atomic E-state index is 13.8. The van der Waals surface area contributed by atoms with Crippen LogP contribution >= 0.6 is 0 Å². The van der Waals surface area contributed by atoms with Crippen molar-refractivity contribution in [1.82, 2.24) is 4.57 Å². The number of nitrogens with two attached hydrogens (primary N) is 1. The van der Waals surface area contributed by atoms with Crippen molar-refractivity contribution in [1.29, 1.82) is 0 Å². The van der Waals surface area contributed by atoms with Gasteiger partial charge in [0.1, 0.15) is 17.5 Å². The third-order valence-electron chi connectivity index (χ3n) is 4.29. The molecular weight excluding hydrogens is 341 g/mol. The van der Waals surface area contributed by atoms with Crippen molar-refractivity contribution < 1.29 is 18.0 Å². The van der Waals surface area contributed by atoms with Crippen LogP contribution in [-0.2, 0) is 6.54 Å². The minimum Gasteiger partial charge on any atom is -0.366 e. The molecule has 0 aliphatic heterocycles. The zero-order chi connectivity index (χ0) is 18.4. The Morgan fingerprint density at radius 2 is 1.73 bits per heavy atom. The largest absolute Gasteiger partial charge is 0.366 e. The van der Waals surface area contributed by atoms with E-state index < -0.39 is 23.4 Å². The molecule has 1 amide bonds. The number of rotatable bonds is 3. The molecule has 3 nitrogen and oxygen atoms in total. The monoisotopic (exact) mass is 353 g/mol. The van der Waals surface area contributed by atoms with E-state index in [9.17, 15) is 18.0 Å². The number of halogens is 3. The first-order valence-electron chi connectivity index (χ1n) is 7.81. The van der Waals surface area contributed by atoms with Gasteiger partial charge >= 0.3 is 0 Å². The highest BCUT2D eigenvalue weighted by Gasteiger charge is 2.17. The summed E-state index contributed by atoms with van der Waals surface area (Å²) in [6.45, 7) is 0.0915. The normalized spacial score (nSPS) is 11.3. The third kappa shape index (κ3) is 2.60. The maximum Gasteiger partial charge on any atom is 0.249 e. The minimum atomic E-state index is -0.698. The van der Waals surface area contributed by atoms with Gasteiger partial charge < -0.3 is 10.3 Å². The van der Waals surface area contributed by atoms with E-state index in [1.807, 2.05) is 0 Å². The quantitative estimate of drug-likeness (QED) is 0.591. The van der Waals surface area contributed by atoms with Gasteiger partial charge in [-0.15, -0.1) is 0 Å². The van der Waals surface area contributed by atoms with E-state index in [4.69, 9.17) is 5.73 Å². The van der Waals surface area contributed by atoms with Crippen LogP contribution in [0.3, 0.4) is 0 Å². The molecule has 0 saturated carbocycles. The third-order valence-corrected chi connectivity index (χ3v) is 4.29. The standard InChI is InChI=1S/C20H12F3N2O/c21-12-4-5-15-18(9-12)25(10-11-6-13(22)8-14(23)7-11)17-3-1-2-16(19(15)17)20(24)26/h1-4,6-9H,10H2,(H2,24,26). The van der Waals surface area contributed by atoms with Crippen LogP contribution in [0.4, 0.5) is 13.2 Å². The Balaban J connectivity index is 2.04. The molecule has 1 radical (unpaired) electrons. The van der Waals surface area contributed by atoms with Gasteiger partial charge in [0.05, 0.1) is 11.0 Å². The fourth-order valence-electron chi connectivity index (χ4n) is 3.29. The summed E-state index contributed by atoms with van der Waals surface area (Å²) in [6.07, 6.45) is 0. The molecule has 1 heterocycles. The first-order chi connectivity index (χ1) is 12.4. The van der Waals surface area contributed by atoms with Gasteiger partial charge in [0.15, 0.2) is 0 Å². The highest BCUT2D eigenvalue weighted by Crippen LogP contribution is 2.32. The van der Waals surface area contributed by atoms with Crippen LogP contribution in [0, 0.1) is 23.5 Å². The number of benzene rings is 3. The van der Waals surface area contributed by atoms with E-state index in [1.165, 1.54) is 24.3 Å². The van der Waals surface area contributed by atoms with Gasteiger partial charge in [-0.3, -0.25) is 4.79 Å². The summed E-state index contributed by atoms with van der Waals surface area (Å²) in [4.78, 5) is 11.8. The van der Waals surface area contributed by atoms with Crippen LogP contribution in [0.25, 0.3) is 21.8 Å². The first kappa shape index (κ1) is 16.2. The molecule has 0 bridgehead atoms. The molecule has 26 heavy (non-hydrogen) atoms. The van der Waals surface area contributed by atoms with Crippen LogP contribution in [0.2, 0.25) is 0 Å². The van der Waals surface area contributed by atoms with E-state index in [1.54, 1.807) is 22.8 Å². The number of aromatic nitrogens is 1. The van der Waals surface area contributed by atoms with Gasteiger partial charge in [0.2, 0.25) is 5.91 Å². The van der Waals surface area contributed by atoms with E-state index in [2.05, 4.69) is 6.07 Å². The molecule has 6 heteroatoms. The molecule has 0 spiro atoms. The van der Waals surface area contributed by atoms with E-state index in [-0.39, 0.29) is 12.1 Å². The minimum absolute atomic E-state index is 0.0915. The molecule has 4 rings (SSSR count). The fraction of sp³-hybridized carbons (Fsp3) is 0.0500. The lowest BCUT2D eigenvalue weighted by atomic mass is 10.1. The predicted octanol–water partition coefficient (Wildman–Crippen LogP) is 4.16. The Hall–Kier alpha value is -3.28. The summed E-state index contributed by atoms with van der Waals surface area (Å²) in [5.74, 6) is -2.52. The second kappa shape index (κ2) is 5.91. The smallest absolute Gasteiger partial charge is 0.249 e. The number of hydrogen-bond acceptors (Lipinski definition) is 1. The van der Waals surface area contributed by atoms with Crippen LogP contribution < -0.4 is 5.73 Å². The van der Waals surface area contributed by atoms with Crippen LogP contribution in [0.1, 0.15) is 15.9 Å². The first-order valence-corrected chi connectivity index (χ1v) is 7.81. The molecule has 0 aliphatic carbocycles. The Bertz CT molecular complexity index is 1160. The zero-order valence-corrected chi connectivity index (χ0v) is 13.4. The lowest BCUT2D eigenvalue weighted by Crippen LogP contribution is -2.11. The van der Waals surface area contributed by atoms with Crippen molar-refractivity contribution >= 4 is 27.7 Å². The fourth-order valence-corrected chi connectivity index (χ4v) is 3.29. The molecule has 129 valence electrons. The maximum absolute atomic E-state index is 13.8. The topological polar surface area (TPSA) is 48.0 Å². The molecule has 0 atom stereocenters. The number of fused-ring (bicyclic) bond motifs is 3.